The van der Waals surface area contributed by atoms with Gasteiger partial charge in [-0.3, -0.25) is 0 Å². The molecule has 0 aliphatic heterocycles. The number of aromatic nitrogens is 3. The van der Waals surface area contributed by atoms with Crippen LogP contribution >= 0.6 is 0 Å². The molecule has 62 valence electrons. The van der Waals surface area contributed by atoms with E-state index in [0.717, 1.165) is 10.9 Å². The molecule has 0 unspecified atom stereocenters. The Morgan fingerprint density at radius 2 is 2.15 bits per heavy atom. The first kappa shape index (κ1) is 6.60. The van der Waals surface area contributed by atoms with Gasteiger partial charge in [-0.05, 0) is 24.3 Å². The van der Waals surface area contributed by atoms with E-state index in [0.29, 0.717) is 0 Å². The van der Waals surface area contributed by atoms with Gasteiger partial charge in [0.25, 0.3) is 0 Å². The molecular weight excluding hydrogens is 162 g/mol. The largest absolute Gasteiger partial charge is 0.321 e. The van der Waals surface area contributed by atoms with Crippen LogP contribution in [-0.2, 0) is 0 Å². The van der Waals surface area contributed by atoms with Gasteiger partial charge < -0.3 is 4.40 Å². The summed E-state index contributed by atoms with van der Waals surface area (Å²) in [6, 6.07) is 8.03. The first-order chi connectivity index (χ1) is 6.45. The highest BCUT2D eigenvalue weighted by molar-refractivity contribution is 5.94. The minimum absolute atomic E-state index is 0.931. The standard InChI is InChI=1S/C10H7N3/c1-3-8-9(12-11-5-1)7-13-6-2-4-10(8)13/h1-7H. The molecule has 0 atom stereocenters. The van der Waals surface area contributed by atoms with E-state index >= 15 is 0 Å². The lowest BCUT2D eigenvalue weighted by Crippen LogP contribution is -1.70. The van der Waals surface area contributed by atoms with Crippen LogP contribution in [0.1, 0.15) is 0 Å². The predicted octanol–water partition coefficient (Wildman–Crippen LogP) is 1.88. The Bertz CT molecular complexity index is 568. The van der Waals surface area contributed by atoms with Crippen LogP contribution in [0.3, 0.4) is 0 Å². The van der Waals surface area contributed by atoms with E-state index in [1.807, 2.05) is 30.6 Å². The number of fused-ring (bicyclic) bond motifs is 3. The van der Waals surface area contributed by atoms with Gasteiger partial charge in [0.1, 0.15) is 5.52 Å². The van der Waals surface area contributed by atoms with Crippen molar-refractivity contribution in [1.82, 2.24) is 14.6 Å². The Balaban J connectivity index is 2.65. The summed E-state index contributed by atoms with van der Waals surface area (Å²) >= 11 is 0. The molecule has 0 aliphatic rings. The minimum Gasteiger partial charge on any atom is -0.321 e. The Hall–Kier alpha value is -1.90. The van der Waals surface area contributed by atoms with E-state index in [2.05, 4.69) is 20.7 Å². The van der Waals surface area contributed by atoms with E-state index in [1.54, 1.807) is 6.20 Å². The monoisotopic (exact) mass is 169 g/mol. The van der Waals surface area contributed by atoms with Gasteiger partial charge in [-0.15, -0.1) is 5.10 Å². The molecule has 0 saturated carbocycles. The molecule has 0 bridgehead atoms. The van der Waals surface area contributed by atoms with Crippen molar-refractivity contribution in [3.63, 3.8) is 0 Å². The fraction of sp³-hybridized carbons (Fsp3) is 0. The smallest absolute Gasteiger partial charge is 0.112 e. The van der Waals surface area contributed by atoms with Gasteiger partial charge in [0.05, 0.1) is 5.52 Å². The maximum absolute atomic E-state index is 4.08. The maximum atomic E-state index is 4.08. The second-order valence-electron chi connectivity index (χ2n) is 2.95. The Morgan fingerprint density at radius 1 is 1.15 bits per heavy atom. The summed E-state index contributed by atoms with van der Waals surface area (Å²) in [5.41, 5.74) is 2.11. The second-order valence-corrected chi connectivity index (χ2v) is 2.95. The predicted molar refractivity (Wildman–Crippen MR) is 50.5 cm³/mol. The number of hydrogen-bond donors (Lipinski definition) is 0. The van der Waals surface area contributed by atoms with Gasteiger partial charge in [0, 0.05) is 24.0 Å². The number of hydrogen-bond acceptors (Lipinski definition) is 2. The van der Waals surface area contributed by atoms with Crippen molar-refractivity contribution in [3.05, 3.63) is 42.9 Å². The highest BCUT2D eigenvalue weighted by Crippen LogP contribution is 2.18. The topological polar surface area (TPSA) is 30.2 Å². The van der Waals surface area contributed by atoms with E-state index in [9.17, 15) is 0 Å². The molecule has 13 heavy (non-hydrogen) atoms. The highest BCUT2D eigenvalue weighted by Gasteiger charge is 2.01. The summed E-state index contributed by atoms with van der Waals surface area (Å²) < 4.78 is 2.05. The van der Waals surface area contributed by atoms with Crippen LogP contribution in [0.2, 0.25) is 0 Å². The molecule has 3 rings (SSSR count). The summed E-state index contributed by atoms with van der Waals surface area (Å²) in [6.45, 7) is 0. The van der Waals surface area contributed by atoms with Crippen LogP contribution in [0, 0.1) is 0 Å². The second kappa shape index (κ2) is 2.29. The molecule has 0 amide bonds. The molecular formula is C10H7N3. The summed E-state index contributed by atoms with van der Waals surface area (Å²) in [4.78, 5) is 0. The summed E-state index contributed by atoms with van der Waals surface area (Å²) in [7, 11) is 0. The molecule has 3 aromatic rings. The van der Waals surface area contributed by atoms with Gasteiger partial charge in [0.15, 0.2) is 0 Å². The van der Waals surface area contributed by atoms with Gasteiger partial charge in [-0.1, -0.05) is 0 Å². The molecule has 0 fully saturated rings. The molecule has 0 saturated heterocycles. The summed E-state index contributed by atoms with van der Waals surface area (Å²) in [6.07, 6.45) is 5.69. The van der Waals surface area contributed by atoms with Crippen molar-refractivity contribution in [1.29, 1.82) is 0 Å². The molecule has 0 aliphatic carbocycles. The van der Waals surface area contributed by atoms with E-state index < -0.39 is 0 Å². The molecule has 3 aromatic heterocycles. The van der Waals surface area contributed by atoms with Crippen LogP contribution in [0.25, 0.3) is 16.4 Å². The zero-order valence-corrected chi connectivity index (χ0v) is 6.88. The van der Waals surface area contributed by atoms with Gasteiger partial charge in [-0.25, -0.2) is 0 Å². The van der Waals surface area contributed by atoms with E-state index in [1.165, 1.54) is 5.52 Å². The van der Waals surface area contributed by atoms with Crippen LogP contribution in [0.5, 0.6) is 0 Å². The summed E-state index contributed by atoms with van der Waals surface area (Å²) in [5.74, 6) is 0. The molecule has 3 heteroatoms. The fourth-order valence-corrected chi connectivity index (χ4v) is 1.59. The van der Waals surface area contributed by atoms with Gasteiger partial charge in [-0.2, -0.15) is 5.10 Å². The molecule has 3 nitrogen and oxygen atoms in total. The highest BCUT2D eigenvalue weighted by atomic mass is 15.1. The van der Waals surface area contributed by atoms with Crippen molar-refractivity contribution in [2.45, 2.75) is 0 Å². The number of rotatable bonds is 0. The maximum Gasteiger partial charge on any atom is 0.112 e. The van der Waals surface area contributed by atoms with Crippen molar-refractivity contribution >= 4 is 16.4 Å². The molecule has 0 aromatic carbocycles. The zero-order chi connectivity index (χ0) is 8.67. The average Bonchev–Trinajstić information content (AvgIpc) is 2.61. The quantitative estimate of drug-likeness (QED) is 0.514. The van der Waals surface area contributed by atoms with Crippen molar-refractivity contribution in [2.24, 2.45) is 0 Å². The Morgan fingerprint density at radius 3 is 3.15 bits per heavy atom. The van der Waals surface area contributed by atoms with Crippen molar-refractivity contribution in [3.8, 4) is 0 Å². The third kappa shape index (κ3) is 0.839. The molecule has 3 heterocycles. The van der Waals surface area contributed by atoms with Crippen LogP contribution in [0.15, 0.2) is 42.9 Å². The summed E-state index contributed by atoms with van der Waals surface area (Å²) in [5, 5.41) is 9.11. The molecule has 0 radical (unpaired) electrons. The normalized spacial score (nSPS) is 11.1. The molecule has 0 N–H and O–H groups in total. The van der Waals surface area contributed by atoms with E-state index in [-0.39, 0.29) is 0 Å². The third-order valence-electron chi connectivity index (χ3n) is 2.17. The molecule has 0 spiro atoms. The lowest BCUT2D eigenvalue weighted by atomic mass is 10.3. The van der Waals surface area contributed by atoms with Gasteiger partial charge >= 0.3 is 0 Å². The first-order valence-corrected chi connectivity index (χ1v) is 4.12. The lowest BCUT2D eigenvalue weighted by Gasteiger charge is -1.79. The lowest BCUT2D eigenvalue weighted by molar-refractivity contribution is 1.08. The zero-order valence-electron chi connectivity index (χ0n) is 6.88. The number of nitrogens with zero attached hydrogens (tertiary/aromatic N) is 3. The fourth-order valence-electron chi connectivity index (χ4n) is 1.59. The van der Waals surface area contributed by atoms with Crippen LogP contribution < -0.4 is 0 Å². The van der Waals surface area contributed by atoms with Gasteiger partial charge in [0.2, 0.25) is 0 Å². The van der Waals surface area contributed by atoms with Crippen LogP contribution in [0.4, 0.5) is 0 Å². The van der Waals surface area contributed by atoms with Crippen molar-refractivity contribution in [2.75, 3.05) is 0 Å². The van der Waals surface area contributed by atoms with E-state index in [4.69, 9.17) is 0 Å². The average molecular weight is 169 g/mol. The van der Waals surface area contributed by atoms with Crippen molar-refractivity contribution < 1.29 is 0 Å². The Labute approximate surface area is 74.6 Å². The first-order valence-electron chi connectivity index (χ1n) is 4.12. The van der Waals surface area contributed by atoms with Crippen LogP contribution in [-0.4, -0.2) is 14.6 Å². The Kier molecular flexibility index (Phi) is 1.16. The SMILES string of the molecule is c1cnnc2cn3cccc3c2c1. The third-order valence-corrected chi connectivity index (χ3v) is 2.17. The minimum atomic E-state index is 0.931.